The van der Waals surface area contributed by atoms with E-state index in [-0.39, 0.29) is 6.04 Å². The van der Waals surface area contributed by atoms with Crippen molar-refractivity contribution in [2.75, 3.05) is 7.05 Å². The van der Waals surface area contributed by atoms with Gasteiger partial charge in [0, 0.05) is 15.1 Å². The molecule has 0 aliphatic heterocycles. The maximum absolute atomic E-state index is 6.40. The molecular formula is C16H16Cl3N. The van der Waals surface area contributed by atoms with Crippen LogP contribution in [-0.2, 0) is 0 Å². The zero-order valence-electron chi connectivity index (χ0n) is 11.6. The smallest absolute Gasteiger partial charge is 0.0590 e. The third kappa shape index (κ3) is 3.29. The van der Waals surface area contributed by atoms with Crippen molar-refractivity contribution < 1.29 is 0 Å². The van der Waals surface area contributed by atoms with E-state index in [2.05, 4.69) is 25.2 Å². The molecule has 4 heteroatoms. The maximum atomic E-state index is 6.40. The molecule has 0 heterocycles. The second-order valence-electron chi connectivity index (χ2n) is 4.88. The van der Waals surface area contributed by atoms with Crippen LogP contribution in [0.4, 0.5) is 0 Å². The van der Waals surface area contributed by atoms with Gasteiger partial charge in [-0.1, -0.05) is 40.9 Å². The van der Waals surface area contributed by atoms with Crippen molar-refractivity contribution in [3.05, 3.63) is 67.7 Å². The van der Waals surface area contributed by atoms with Crippen molar-refractivity contribution >= 4 is 34.8 Å². The van der Waals surface area contributed by atoms with E-state index in [0.717, 1.165) is 16.1 Å². The SMILES string of the molecule is CNC(c1cc(Cl)cc(Cl)c1)c1cc(C)c(C)cc1Cl. The van der Waals surface area contributed by atoms with E-state index in [1.54, 1.807) is 6.07 Å². The van der Waals surface area contributed by atoms with Crippen LogP contribution in [0.25, 0.3) is 0 Å². The molecule has 0 saturated heterocycles. The van der Waals surface area contributed by atoms with Crippen LogP contribution in [0.1, 0.15) is 28.3 Å². The van der Waals surface area contributed by atoms with Gasteiger partial charge in [-0.3, -0.25) is 0 Å². The van der Waals surface area contributed by atoms with Gasteiger partial charge in [0.05, 0.1) is 6.04 Å². The van der Waals surface area contributed by atoms with Crippen molar-refractivity contribution in [1.29, 1.82) is 0 Å². The molecule has 2 aromatic carbocycles. The molecule has 106 valence electrons. The first-order valence-electron chi connectivity index (χ1n) is 6.32. The number of benzene rings is 2. The van der Waals surface area contributed by atoms with Gasteiger partial charge < -0.3 is 5.32 Å². The van der Waals surface area contributed by atoms with Crippen LogP contribution >= 0.6 is 34.8 Å². The molecule has 0 bridgehead atoms. The van der Waals surface area contributed by atoms with Crippen LogP contribution in [-0.4, -0.2) is 7.05 Å². The third-order valence-electron chi connectivity index (χ3n) is 3.43. The highest BCUT2D eigenvalue weighted by Gasteiger charge is 2.17. The van der Waals surface area contributed by atoms with Gasteiger partial charge in [0.2, 0.25) is 0 Å². The van der Waals surface area contributed by atoms with Gasteiger partial charge in [-0.25, -0.2) is 0 Å². The van der Waals surface area contributed by atoms with E-state index < -0.39 is 0 Å². The Hall–Kier alpha value is -0.730. The largest absolute Gasteiger partial charge is 0.309 e. The van der Waals surface area contributed by atoms with E-state index >= 15 is 0 Å². The number of nitrogens with one attached hydrogen (secondary N) is 1. The molecule has 1 nitrogen and oxygen atoms in total. The molecule has 0 radical (unpaired) electrons. The lowest BCUT2D eigenvalue weighted by atomic mass is 9.95. The molecule has 2 aromatic rings. The second kappa shape index (κ2) is 6.36. The normalized spacial score (nSPS) is 12.5. The lowest BCUT2D eigenvalue weighted by Crippen LogP contribution is -2.18. The Bertz CT molecular complexity index is 618. The predicted molar refractivity (Wildman–Crippen MR) is 88.3 cm³/mol. The fourth-order valence-corrected chi connectivity index (χ4v) is 3.14. The average molecular weight is 329 g/mol. The van der Waals surface area contributed by atoms with Gasteiger partial charge in [0.1, 0.15) is 0 Å². The summed E-state index contributed by atoms with van der Waals surface area (Å²) in [7, 11) is 1.89. The van der Waals surface area contributed by atoms with Crippen molar-refractivity contribution in [3.63, 3.8) is 0 Å². The number of hydrogen-bond donors (Lipinski definition) is 1. The predicted octanol–water partition coefficient (Wildman–Crippen LogP) is 5.57. The highest BCUT2D eigenvalue weighted by atomic mass is 35.5. The van der Waals surface area contributed by atoms with Crippen LogP contribution in [0.15, 0.2) is 30.3 Å². The van der Waals surface area contributed by atoms with Crippen molar-refractivity contribution in [1.82, 2.24) is 5.32 Å². The number of aryl methyl sites for hydroxylation is 2. The Morgan fingerprint density at radius 1 is 0.850 bits per heavy atom. The minimum Gasteiger partial charge on any atom is -0.309 e. The minimum atomic E-state index is -0.0435. The van der Waals surface area contributed by atoms with Gasteiger partial charge in [-0.2, -0.15) is 0 Å². The Balaban J connectivity index is 2.55. The standard InChI is InChI=1S/C16H16Cl3N/c1-9-4-14(15(19)5-10(9)2)16(20-3)11-6-12(17)8-13(18)7-11/h4-8,16,20H,1-3H3. The Kier molecular flexibility index (Phi) is 4.98. The fourth-order valence-electron chi connectivity index (χ4n) is 2.27. The van der Waals surface area contributed by atoms with Crippen LogP contribution in [0.3, 0.4) is 0 Å². The van der Waals surface area contributed by atoms with Gasteiger partial charge >= 0.3 is 0 Å². The van der Waals surface area contributed by atoms with Crippen molar-refractivity contribution in [2.45, 2.75) is 19.9 Å². The van der Waals surface area contributed by atoms with Gasteiger partial charge in [0.15, 0.2) is 0 Å². The summed E-state index contributed by atoms with van der Waals surface area (Å²) in [5.74, 6) is 0. The lowest BCUT2D eigenvalue weighted by Gasteiger charge is -2.20. The fraction of sp³-hybridized carbons (Fsp3) is 0.250. The molecule has 0 saturated carbocycles. The molecule has 2 rings (SSSR count). The molecule has 0 spiro atoms. The summed E-state index contributed by atoms with van der Waals surface area (Å²) in [6.45, 7) is 4.13. The molecule has 1 N–H and O–H groups in total. The van der Waals surface area contributed by atoms with E-state index in [1.165, 1.54) is 11.1 Å². The van der Waals surface area contributed by atoms with Crippen LogP contribution < -0.4 is 5.32 Å². The summed E-state index contributed by atoms with van der Waals surface area (Å²) in [5, 5.41) is 5.25. The number of rotatable bonds is 3. The highest BCUT2D eigenvalue weighted by Crippen LogP contribution is 2.33. The number of halogens is 3. The molecule has 1 unspecified atom stereocenters. The molecule has 0 amide bonds. The monoisotopic (exact) mass is 327 g/mol. The first kappa shape index (κ1) is 15.7. The minimum absolute atomic E-state index is 0.0435. The van der Waals surface area contributed by atoms with E-state index in [9.17, 15) is 0 Å². The summed E-state index contributed by atoms with van der Waals surface area (Å²) in [5.41, 5.74) is 4.40. The molecule has 0 fully saturated rings. The zero-order valence-corrected chi connectivity index (χ0v) is 13.9. The van der Waals surface area contributed by atoms with E-state index in [0.29, 0.717) is 10.0 Å². The Morgan fingerprint density at radius 3 is 1.95 bits per heavy atom. The lowest BCUT2D eigenvalue weighted by molar-refractivity contribution is 0.691. The molecule has 20 heavy (non-hydrogen) atoms. The van der Waals surface area contributed by atoms with E-state index in [1.807, 2.05) is 25.2 Å². The average Bonchev–Trinajstić information content (AvgIpc) is 2.35. The van der Waals surface area contributed by atoms with Gasteiger partial charge in [-0.05, 0) is 67.4 Å². The first-order chi connectivity index (χ1) is 9.42. The summed E-state index contributed by atoms with van der Waals surface area (Å²) >= 11 is 18.6. The van der Waals surface area contributed by atoms with Crippen LogP contribution in [0.5, 0.6) is 0 Å². The molecule has 0 aliphatic carbocycles. The Morgan fingerprint density at radius 2 is 1.40 bits per heavy atom. The molecule has 0 aromatic heterocycles. The summed E-state index contributed by atoms with van der Waals surface area (Å²) < 4.78 is 0. The summed E-state index contributed by atoms with van der Waals surface area (Å²) in [6.07, 6.45) is 0. The zero-order chi connectivity index (χ0) is 14.9. The van der Waals surface area contributed by atoms with Gasteiger partial charge in [-0.15, -0.1) is 0 Å². The highest BCUT2D eigenvalue weighted by molar-refractivity contribution is 6.34. The Labute approximate surface area is 134 Å². The molecule has 0 aliphatic rings. The molecular weight excluding hydrogens is 313 g/mol. The summed E-state index contributed by atoms with van der Waals surface area (Å²) in [6, 6.07) is 9.58. The van der Waals surface area contributed by atoms with Crippen molar-refractivity contribution in [2.24, 2.45) is 0 Å². The molecule has 1 atom stereocenters. The third-order valence-corrected chi connectivity index (χ3v) is 4.19. The van der Waals surface area contributed by atoms with Gasteiger partial charge in [0.25, 0.3) is 0 Å². The maximum Gasteiger partial charge on any atom is 0.0590 e. The van der Waals surface area contributed by atoms with Crippen LogP contribution in [0, 0.1) is 13.8 Å². The topological polar surface area (TPSA) is 12.0 Å². The first-order valence-corrected chi connectivity index (χ1v) is 7.45. The van der Waals surface area contributed by atoms with Crippen LogP contribution in [0.2, 0.25) is 15.1 Å². The van der Waals surface area contributed by atoms with E-state index in [4.69, 9.17) is 34.8 Å². The quantitative estimate of drug-likeness (QED) is 0.776. The number of hydrogen-bond acceptors (Lipinski definition) is 1. The second-order valence-corrected chi connectivity index (χ2v) is 6.16. The summed E-state index contributed by atoms with van der Waals surface area (Å²) in [4.78, 5) is 0. The van der Waals surface area contributed by atoms with Crippen molar-refractivity contribution in [3.8, 4) is 0 Å².